The second-order valence-corrected chi connectivity index (χ2v) is 8.32. The van der Waals surface area contributed by atoms with Gasteiger partial charge in [0.1, 0.15) is 16.4 Å². The average molecular weight is 453 g/mol. The van der Waals surface area contributed by atoms with Crippen LogP contribution < -0.4 is 15.1 Å². The Kier molecular flexibility index (Phi) is 4.66. The standard InChI is InChI=1S/C22H16FN3O5S/c1-3-30-16-8-11(4-6-14(16)27)18-17-19(28)13-9-12(23)5-7-15(13)31-20(17)21(29)26(18)22-25-24-10(2)32-22/h4-9,18,27H,3H2,1-2H3. The van der Waals surface area contributed by atoms with Crippen LogP contribution in [0.2, 0.25) is 0 Å². The number of ether oxygens (including phenoxy) is 1. The van der Waals surface area contributed by atoms with Gasteiger partial charge >= 0.3 is 0 Å². The minimum absolute atomic E-state index is 0.0284. The largest absolute Gasteiger partial charge is 0.504 e. The van der Waals surface area contributed by atoms with E-state index in [4.69, 9.17) is 9.15 Å². The Labute approximate surface area is 184 Å². The molecule has 0 radical (unpaired) electrons. The molecule has 10 heteroatoms. The van der Waals surface area contributed by atoms with Crippen molar-refractivity contribution in [2.24, 2.45) is 0 Å². The maximum Gasteiger partial charge on any atom is 0.297 e. The summed E-state index contributed by atoms with van der Waals surface area (Å²) in [5, 5.41) is 19.1. The van der Waals surface area contributed by atoms with E-state index in [0.717, 1.165) is 12.1 Å². The molecule has 1 N–H and O–H groups in total. The molecule has 0 fully saturated rings. The number of aromatic nitrogens is 2. The number of phenolic OH excluding ortho intramolecular Hbond substituents is 1. The maximum absolute atomic E-state index is 13.9. The van der Waals surface area contributed by atoms with Crippen molar-refractivity contribution in [3.63, 3.8) is 0 Å². The normalized spacial score (nSPS) is 15.4. The molecule has 0 bridgehead atoms. The van der Waals surface area contributed by atoms with E-state index in [0.29, 0.717) is 17.2 Å². The number of rotatable bonds is 4. The van der Waals surface area contributed by atoms with Gasteiger partial charge < -0.3 is 14.3 Å². The summed E-state index contributed by atoms with van der Waals surface area (Å²) in [7, 11) is 0. The fourth-order valence-corrected chi connectivity index (χ4v) is 4.53. The van der Waals surface area contributed by atoms with E-state index in [1.54, 1.807) is 26.0 Å². The van der Waals surface area contributed by atoms with Gasteiger partial charge in [-0.05, 0) is 49.7 Å². The summed E-state index contributed by atoms with van der Waals surface area (Å²) < 4.78 is 25.1. The zero-order chi connectivity index (χ0) is 22.6. The van der Waals surface area contributed by atoms with Gasteiger partial charge in [0.15, 0.2) is 16.9 Å². The lowest BCUT2D eigenvalue weighted by Crippen LogP contribution is -2.29. The van der Waals surface area contributed by atoms with Crippen molar-refractivity contribution in [2.45, 2.75) is 19.9 Å². The van der Waals surface area contributed by atoms with E-state index in [1.807, 2.05) is 0 Å². The molecule has 8 nitrogen and oxygen atoms in total. The summed E-state index contributed by atoms with van der Waals surface area (Å²) in [5.41, 5.74) is 0.149. The summed E-state index contributed by atoms with van der Waals surface area (Å²) in [4.78, 5) is 28.2. The molecule has 1 atom stereocenters. The van der Waals surface area contributed by atoms with Crippen molar-refractivity contribution in [3.8, 4) is 11.5 Å². The molecule has 162 valence electrons. The second kappa shape index (κ2) is 7.41. The smallest absolute Gasteiger partial charge is 0.297 e. The molecule has 4 aromatic rings. The van der Waals surface area contributed by atoms with Gasteiger partial charge in [-0.15, -0.1) is 10.2 Å². The van der Waals surface area contributed by atoms with Gasteiger partial charge in [-0.3, -0.25) is 14.5 Å². The van der Waals surface area contributed by atoms with E-state index in [9.17, 15) is 19.1 Å². The second-order valence-electron chi connectivity index (χ2n) is 7.16. The summed E-state index contributed by atoms with van der Waals surface area (Å²) in [6.45, 7) is 3.83. The van der Waals surface area contributed by atoms with Gasteiger partial charge in [-0.2, -0.15) is 0 Å². The Morgan fingerprint density at radius 2 is 2.03 bits per heavy atom. The van der Waals surface area contributed by atoms with Gasteiger partial charge in [0.25, 0.3) is 5.91 Å². The molecule has 1 unspecified atom stereocenters. The van der Waals surface area contributed by atoms with E-state index in [-0.39, 0.29) is 38.9 Å². The molecule has 2 aromatic carbocycles. The third-order valence-electron chi connectivity index (χ3n) is 5.15. The van der Waals surface area contributed by atoms with Crippen LogP contribution in [-0.2, 0) is 0 Å². The zero-order valence-electron chi connectivity index (χ0n) is 17.0. The lowest BCUT2D eigenvalue weighted by atomic mass is 9.98. The van der Waals surface area contributed by atoms with Crippen LogP contribution in [0.4, 0.5) is 9.52 Å². The summed E-state index contributed by atoms with van der Waals surface area (Å²) in [6, 6.07) is 7.21. The predicted molar refractivity (Wildman–Crippen MR) is 115 cm³/mol. The minimum atomic E-state index is -0.923. The highest BCUT2D eigenvalue weighted by atomic mass is 32.1. The summed E-state index contributed by atoms with van der Waals surface area (Å²) in [5.74, 6) is -1.17. The quantitative estimate of drug-likeness (QED) is 0.499. The average Bonchev–Trinajstić information content (AvgIpc) is 3.31. The number of hydrogen-bond acceptors (Lipinski definition) is 8. The number of benzene rings is 2. The molecule has 1 aliphatic heterocycles. The molecule has 2 aromatic heterocycles. The highest BCUT2D eigenvalue weighted by molar-refractivity contribution is 7.15. The van der Waals surface area contributed by atoms with E-state index in [2.05, 4.69) is 10.2 Å². The van der Waals surface area contributed by atoms with Crippen LogP contribution in [0.1, 0.15) is 39.7 Å². The first-order valence-electron chi connectivity index (χ1n) is 9.74. The van der Waals surface area contributed by atoms with Gasteiger partial charge in [-0.25, -0.2) is 4.39 Å². The van der Waals surface area contributed by atoms with Crippen LogP contribution >= 0.6 is 11.3 Å². The van der Waals surface area contributed by atoms with Gasteiger partial charge in [0, 0.05) is 0 Å². The molecule has 1 amide bonds. The highest BCUT2D eigenvalue weighted by Crippen LogP contribution is 2.43. The van der Waals surface area contributed by atoms with E-state index >= 15 is 0 Å². The monoisotopic (exact) mass is 453 g/mol. The lowest BCUT2D eigenvalue weighted by molar-refractivity contribution is 0.0970. The molecule has 0 saturated carbocycles. The van der Waals surface area contributed by atoms with Crippen LogP contribution in [0.15, 0.2) is 45.6 Å². The van der Waals surface area contributed by atoms with Crippen molar-refractivity contribution in [3.05, 3.63) is 74.3 Å². The third-order valence-corrected chi connectivity index (χ3v) is 5.99. The Morgan fingerprint density at radius 3 is 2.75 bits per heavy atom. The van der Waals surface area contributed by atoms with Gasteiger partial charge in [0.05, 0.1) is 23.6 Å². The van der Waals surface area contributed by atoms with Crippen LogP contribution in [0.25, 0.3) is 11.0 Å². The number of anilines is 1. The molecule has 5 rings (SSSR count). The molecule has 32 heavy (non-hydrogen) atoms. The van der Waals surface area contributed by atoms with Crippen molar-refractivity contribution in [2.75, 3.05) is 11.5 Å². The van der Waals surface area contributed by atoms with Crippen molar-refractivity contribution in [1.29, 1.82) is 0 Å². The van der Waals surface area contributed by atoms with Gasteiger partial charge in [-0.1, -0.05) is 17.4 Å². The molecule has 0 saturated heterocycles. The Hall–Kier alpha value is -3.79. The molecular weight excluding hydrogens is 437 g/mol. The third kappa shape index (κ3) is 3.02. The number of fused-ring (bicyclic) bond motifs is 2. The topological polar surface area (TPSA) is 106 Å². The first kappa shape index (κ1) is 20.1. The Bertz CT molecular complexity index is 1450. The van der Waals surface area contributed by atoms with E-state index < -0.39 is 23.2 Å². The Morgan fingerprint density at radius 1 is 1.22 bits per heavy atom. The molecule has 3 heterocycles. The SMILES string of the molecule is CCOc1cc(C2c3c(oc4ccc(F)cc4c3=O)C(=O)N2c2nnc(C)s2)ccc1O. The fraction of sp³-hybridized carbons (Fsp3) is 0.182. The number of nitrogens with zero attached hydrogens (tertiary/aromatic N) is 3. The number of phenols is 1. The molecule has 0 spiro atoms. The predicted octanol–water partition coefficient (Wildman–Crippen LogP) is 3.95. The number of amides is 1. The number of halogens is 1. The van der Waals surface area contributed by atoms with Crippen molar-refractivity contribution >= 4 is 33.3 Å². The molecule has 0 aliphatic carbocycles. The minimum Gasteiger partial charge on any atom is -0.504 e. The Balaban J connectivity index is 1.80. The fourth-order valence-electron chi connectivity index (χ4n) is 3.81. The molecule has 1 aliphatic rings. The van der Waals surface area contributed by atoms with Crippen molar-refractivity contribution < 1.29 is 23.4 Å². The van der Waals surface area contributed by atoms with Crippen molar-refractivity contribution in [1.82, 2.24) is 10.2 Å². The number of aryl methyl sites for hydroxylation is 1. The first-order chi connectivity index (χ1) is 15.4. The van der Waals surface area contributed by atoms with Crippen LogP contribution in [0.5, 0.6) is 11.5 Å². The number of carbonyl (C=O) groups is 1. The first-order valence-corrected chi connectivity index (χ1v) is 10.6. The van der Waals surface area contributed by atoms with Crippen LogP contribution in [-0.4, -0.2) is 27.8 Å². The van der Waals surface area contributed by atoms with Gasteiger partial charge in [0.2, 0.25) is 10.9 Å². The number of carbonyl (C=O) groups excluding carboxylic acids is 1. The highest BCUT2D eigenvalue weighted by Gasteiger charge is 2.45. The summed E-state index contributed by atoms with van der Waals surface area (Å²) in [6.07, 6.45) is 0. The lowest BCUT2D eigenvalue weighted by Gasteiger charge is -2.22. The zero-order valence-corrected chi connectivity index (χ0v) is 17.8. The molecular formula is C22H16FN3O5S. The maximum atomic E-state index is 13.9. The van der Waals surface area contributed by atoms with E-state index in [1.165, 1.54) is 28.4 Å². The van der Waals surface area contributed by atoms with Crippen LogP contribution in [0.3, 0.4) is 0 Å². The van der Waals surface area contributed by atoms with Crippen LogP contribution in [0, 0.1) is 12.7 Å². The number of aromatic hydroxyl groups is 1. The summed E-state index contributed by atoms with van der Waals surface area (Å²) >= 11 is 1.19. The number of hydrogen-bond donors (Lipinski definition) is 1.